The lowest BCUT2D eigenvalue weighted by Gasteiger charge is -2.29. The smallest absolute Gasteiger partial charge is 0.289 e. The number of hydrogen-bond donors (Lipinski definition) is 2. The number of nitrogens with one attached hydrogen (secondary N) is 1. The fraction of sp³-hybridized carbons (Fsp3) is 0.583. The molecule has 33 heavy (non-hydrogen) atoms. The van der Waals surface area contributed by atoms with Gasteiger partial charge in [-0.2, -0.15) is 0 Å². The maximum Gasteiger partial charge on any atom is 0.289 e. The molecule has 2 N–H and O–H groups in total. The van der Waals surface area contributed by atoms with Crippen LogP contribution in [0.3, 0.4) is 0 Å². The Labute approximate surface area is 195 Å². The number of aliphatic hydroxyl groups is 1. The minimum Gasteiger partial charge on any atom is -0.503 e. The van der Waals surface area contributed by atoms with Crippen LogP contribution in [0.15, 0.2) is 41.7 Å². The fourth-order valence-corrected chi connectivity index (χ4v) is 6.28. The summed E-state index contributed by atoms with van der Waals surface area (Å²) in [5, 5.41) is 13.3. The highest BCUT2D eigenvalue weighted by atomic mass is 32.2. The van der Waals surface area contributed by atoms with E-state index >= 15 is 0 Å². The minimum absolute atomic E-state index is 0.0531. The number of nitrogens with zero attached hydrogens (tertiary/aromatic N) is 2. The van der Waals surface area contributed by atoms with E-state index in [9.17, 15) is 23.1 Å². The molecule has 2 fully saturated rings. The van der Waals surface area contributed by atoms with Crippen molar-refractivity contribution < 1.29 is 23.1 Å². The second-order valence-electron chi connectivity index (χ2n) is 9.33. The van der Waals surface area contributed by atoms with E-state index in [1.807, 2.05) is 6.07 Å². The Balaban J connectivity index is 1.21. The summed E-state index contributed by atoms with van der Waals surface area (Å²) in [5.41, 5.74) is 1.49. The molecule has 9 heteroatoms. The second kappa shape index (κ2) is 10.3. The van der Waals surface area contributed by atoms with Crippen LogP contribution in [-0.4, -0.2) is 85.4 Å². The van der Waals surface area contributed by atoms with E-state index in [1.54, 1.807) is 0 Å². The number of carbonyl (C=O) groups is 2. The van der Waals surface area contributed by atoms with Crippen LogP contribution < -0.4 is 5.32 Å². The molecule has 2 heterocycles. The Morgan fingerprint density at radius 1 is 1.03 bits per heavy atom. The van der Waals surface area contributed by atoms with Gasteiger partial charge in [0.15, 0.2) is 15.6 Å². The van der Waals surface area contributed by atoms with E-state index in [0.29, 0.717) is 38.5 Å². The Kier molecular flexibility index (Phi) is 7.38. The molecule has 1 aromatic rings. The van der Waals surface area contributed by atoms with E-state index in [0.717, 1.165) is 25.7 Å². The molecule has 2 aliphatic heterocycles. The molecule has 180 valence electrons. The molecule has 3 aliphatic rings. The minimum atomic E-state index is -2.91. The van der Waals surface area contributed by atoms with Crippen molar-refractivity contribution in [2.45, 2.75) is 44.1 Å². The van der Waals surface area contributed by atoms with Gasteiger partial charge in [-0.25, -0.2) is 8.42 Å². The highest BCUT2D eigenvalue weighted by Crippen LogP contribution is 2.33. The average molecular weight is 476 g/mol. The van der Waals surface area contributed by atoms with Gasteiger partial charge in [-0.3, -0.25) is 9.59 Å². The molecular formula is C24H33N3O5S. The van der Waals surface area contributed by atoms with Gasteiger partial charge in [0.25, 0.3) is 11.8 Å². The largest absolute Gasteiger partial charge is 0.503 e. The van der Waals surface area contributed by atoms with Crippen molar-refractivity contribution in [2.75, 3.05) is 44.2 Å². The third-order valence-electron chi connectivity index (χ3n) is 7.07. The quantitative estimate of drug-likeness (QED) is 0.621. The Hall–Kier alpha value is -2.39. The Morgan fingerprint density at radius 2 is 1.70 bits per heavy atom. The molecule has 0 spiro atoms. The highest BCUT2D eigenvalue weighted by molar-refractivity contribution is 7.91. The lowest BCUT2D eigenvalue weighted by molar-refractivity contribution is -0.127. The van der Waals surface area contributed by atoms with E-state index in [-0.39, 0.29) is 35.6 Å². The number of aliphatic hydroxyl groups excluding tert-OH is 1. The van der Waals surface area contributed by atoms with Gasteiger partial charge in [0, 0.05) is 25.7 Å². The molecule has 2 amide bonds. The van der Waals surface area contributed by atoms with Gasteiger partial charge in [-0.15, -0.1) is 0 Å². The lowest BCUT2D eigenvalue weighted by Crippen LogP contribution is -2.41. The van der Waals surface area contributed by atoms with Gasteiger partial charge in [0.05, 0.1) is 23.6 Å². The van der Waals surface area contributed by atoms with Gasteiger partial charge in [0.1, 0.15) is 0 Å². The molecule has 0 bridgehead atoms. The van der Waals surface area contributed by atoms with Gasteiger partial charge in [0.2, 0.25) is 0 Å². The second-order valence-corrected chi connectivity index (χ2v) is 11.6. The molecule has 1 saturated carbocycles. The molecule has 0 aromatic heterocycles. The van der Waals surface area contributed by atoms with Crippen LogP contribution in [0.5, 0.6) is 0 Å². The van der Waals surface area contributed by atoms with E-state index in [2.05, 4.69) is 34.5 Å². The summed E-state index contributed by atoms with van der Waals surface area (Å²) in [5.74, 6) is -0.447. The van der Waals surface area contributed by atoms with Crippen LogP contribution >= 0.6 is 0 Å². The first-order valence-corrected chi connectivity index (χ1v) is 13.6. The topological polar surface area (TPSA) is 107 Å². The van der Waals surface area contributed by atoms with Crippen molar-refractivity contribution in [3.63, 3.8) is 0 Å². The maximum atomic E-state index is 12.8. The van der Waals surface area contributed by atoms with Crippen LogP contribution in [0.2, 0.25) is 0 Å². The predicted octanol–water partition coefficient (Wildman–Crippen LogP) is 1.60. The number of sulfone groups is 1. The number of hydrogen-bond acceptors (Lipinski definition) is 6. The first-order valence-electron chi connectivity index (χ1n) is 11.8. The molecule has 0 unspecified atom stereocenters. The lowest BCUT2D eigenvalue weighted by atomic mass is 9.82. The van der Waals surface area contributed by atoms with Crippen LogP contribution in [-0.2, 0) is 19.4 Å². The van der Waals surface area contributed by atoms with Crippen LogP contribution in [0.4, 0.5) is 0 Å². The zero-order chi connectivity index (χ0) is 23.4. The molecule has 1 aromatic carbocycles. The zero-order valence-electron chi connectivity index (χ0n) is 18.9. The maximum absolute atomic E-state index is 12.8. The van der Waals surface area contributed by atoms with Gasteiger partial charge < -0.3 is 20.2 Å². The fourth-order valence-electron chi connectivity index (χ4n) is 5.00. The van der Waals surface area contributed by atoms with Crippen molar-refractivity contribution in [2.24, 2.45) is 0 Å². The first-order chi connectivity index (χ1) is 15.8. The van der Waals surface area contributed by atoms with Crippen LogP contribution in [0.25, 0.3) is 0 Å². The molecule has 0 atom stereocenters. The summed E-state index contributed by atoms with van der Waals surface area (Å²) in [6.45, 7) is 2.25. The molecule has 0 radical (unpaired) electrons. The summed E-state index contributed by atoms with van der Waals surface area (Å²) >= 11 is 0. The summed E-state index contributed by atoms with van der Waals surface area (Å²) in [6.07, 6.45) is 4.42. The van der Waals surface area contributed by atoms with Gasteiger partial charge >= 0.3 is 0 Å². The number of benzene rings is 1. The first kappa shape index (κ1) is 23.8. The van der Waals surface area contributed by atoms with Gasteiger partial charge in [-0.1, -0.05) is 30.3 Å². The number of carbonyl (C=O) groups excluding carboxylic acids is 2. The summed E-state index contributed by atoms with van der Waals surface area (Å²) in [7, 11) is -2.91. The van der Waals surface area contributed by atoms with Crippen molar-refractivity contribution >= 4 is 21.7 Å². The monoisotopic (exact) mass is 475 g/mol. The van der Waals surface area contributed by atoms with E-state index in [1.165, 1.54) is 10.5 Å². The molecular weight excluding hydrogens is 442 g/mol. The Bertz CT molecular complexity index is 986. The Morgan fingerprint density at radius 3 is 2.36 bits per heavy atom. The third kappa shape index (κ3) is 5.95. The van der Waals surface area contributed by atoms with Crippen molar-refractivity contribution in [1.82, 2.24) is 15.1 Å². The zero-order valence-corrected chi connectivity index (χ0v) is 19.7. The van der Waals surface area contributed by atoms with Crippen molar-refractivity contribution in [3.05, 3.63) is 47.2 Å². The molecule has 1 aliphatic carbocycles. The third-order valence-corrected chi connectivity index (χ3v) is 8.68. The molecule has 8 nitrogen and oxygen atoms in total. The number of amides is 2. The number of rotatable bonds is 7. The molecule has 4 rings (SSSR count). The predicted molar refractivity (Wildman–Crippen MR) is 126 cm³/mol. The van der Waals surface area contributed by atoms with E-state index in [4.69, 9.17) is 0 Å². The summed E-state index contributed by atoms with van der Waals surface area (Å²) in [4.78, 5) is 28.8. The van der Waals surface area contributed by atoms with Crippen molar-refractivity contribution in [3.8, 4) is 0 Å². The van der Waals surface area contributed by atoms with Crippen LogP contribution in [0, 0.1) is 0 Å². The average Bonchev–Trinajstić information content (AvgIpc) is 3.10. The standard InChI is InChI=1S/C24H33N3O5S/c28-22-21(17-27(24(22)30)12-4-11-26-13-15-33(31,32)16-14-26)23(29)25-20-9-7-19(8-10-20)18-5-2-1-3-6-18/h1-3,5-6,19-20,28H,4,7-17H2,(H,25,29). The molecule has 1 saturated heterocycles. The summed E-state index contributed by atoms with van der Waals surface area (Å²) in [6, 6.07) is 10.5. The van der Waals surface area contributed by atoms with E-state index < -0.39 is 21.5 Å². The SMILES string of the molecule is O=C(NC1CCC(c2ccccc2)CC1)C1=C(O)C(=O)N(CCCN2CCS(=O)(=O)CC2)C1. The van der Waals surface area contributed by atoms with Gasteiger partial charge in [-0.05, 0) is 50.1 Å². The van der Waals surface area contributed by atoms with Crippen LogP contribution in [0.1, 0.15) is 43.6 Å². The highest BCUT2D eigenvalue weighted by Gasteiger charge is 2.35. The van der Waals surface area contributed by atoms with Crippen molar-refractivity contribution in [1.29, 1.82) is 0 Å². The normalized spacial score (nSPS) is 25.9. The summed E-state index contributed by atoms with van der Waals surface area (Å²) < 4.78 is 23.1.